The van der Waals surface area contributed by atoms with E-state index in [-0.39, 0.29) is 36.2 Å². The highest BCUT2D eigenvalue weighted by atomic mass is 19.4. The summed E-state index contributed by atoms with van der Waals surface area (Å²) in [6, 6.07) is 1.71. The Morgan fingerprint density at radius 2 is 1.57 bits per heavy atom. The zero-order valence-corrected chi connectivity index (χ0v) is 25.5. The summed E-state index contributed by atoms with van der Waals surface area (Å²) in [5, 5.41) is 12.1. The number of ether oxygens (including phenoxy) is 2. The SMILES string of the molecule is COCCCn1nnc(N(Cc2cc(C(F)(F)F)cc(C(F)(F)F)c2)[C@@H]2C[C@H](C)N(C(=O)OC(C)C)c3ccc(C(F)(F)F)cc32)n1. The first-order valence-corrected chi connectivity index (χ1v) is 14.3. The number of tetrazole rings is 1. The third-order valence-electron chi connectivity index (χ3n) is 7.29. The van der Waals surface area contributed by atoms with Crippen molar-refractivity contribution in [1.82, 2.24) is 20.2 Å². The summed E-state index contributed by atoms with van der Waals surface area (Å²) < 4.78 is 135. The van der Waals surface area contributed by atoms with Gasteiger partial charge in [0, 0.05) is 26.3 Å². The van der Waals surface area contributed by atoms with Gasteiger partial charge >= 0.3 is 24.6 Å². The molecule has 0 saturated carbocycles. The molecule has 0 aliphatic carbocycles. The lowest BCUT2D eigenvalue weighted by molar-refractivity contribution is -0.143. The number of carbonyl (C=O) groups is 1. The molecule has 1 aliphatic heterocycles. The molecule has 0 saturated heterocycles. The Bertz CT molecular complexity index is 1520. The number of nitrogens with zero attached hydrogens (tertiary/aromatic N) is 6. The molecule has 258 valence electrons. The first kappa shape index (κ1) is 35.8. The fourth-order valence-electron chi connectivity index (χ4n) is 5.26. The maximum atomic E-state index is 13.9. The smallest absolute Gasteiger partial charge is 0.416 e. The normalized spacial score (nSPS) is 17.2. The van der Waals surface area contributed by atoms with Crippen molar-refractivity contribution in [2.24, 2.45) is 0 Å². The minimum Gasteiger partial charge on any atom is -0.446 e. The summed E-state index contributed by atoms with van der Waals surface area (Å²) in [7, 11) is 1.46. The molecule has 1 aromatic heterocycles. The standard InChI is InChI=1S/C29H31F9N6O3/c1-16(2)47-26(45)44-17(3)10-24(22-14-19(27(30,31)32)6-7-23(22)44)42(25-39-41-43(40-25)8-5-9-46-4)15-18-11-20(28(33,34)35)13-21(12-18)29(36,37)38/h6-7,11-14,16-17,24H,5,8-10,15H2,1-4H3/t17-,24+/m0/s1. The van der Waals surface area contributed by atoms with Crippen LogP contribution in [0.25, 0.3) is 0 Å². The van der Waals surface area contributed by atoms with Crippen molar-refractivity contribution in [3.8, 4) is 0 Å². The molecule has 0 N–H and O–H groups in total. The second-order valence-corrected chi connectivity index (χ2v) is 11.2. The van der Waals surface area contributed by atoms with Crippen molar-refractivity contribution in [1.29, 1.82) is 0 Å². The summed E-state index contributed by atoms with van der Waals surface area (Å²) in [6.07, 6.45) is -16.3. The average molecular weight is 683 g/mol. The van der Waals surface area contributed by atoms with E-state index in [0.717, 1.165) is 27.9 Å². The quantitative estimate of drug-likeness (QED) is 0.169. The van der Waals surface area contributed by atoms with E-state index in [1.807, 2.05) is 0 Å². The van der Waals surface area contributed by atoms with E-state index in [2.05, 4.69) is 15.4 Å². The lowest BCUT2D eigenvalue weighted by atomic mass is 9.89. The number of anilines is 2. The predicted molar refractivity (Wildman–Crippen MR) is 149 cm³/mol. The van der Waals surface area contributed by atoms with Crippen molar-refractivity contribution in [2.75, 3.05) is 23.5 Å². The van der Waals surface area contributed by atoms with E-state index < -0.39 is 71.6 Å². The van der Waals surface area contributed by atoms with Crippen LogP contribution in [0.1, 0.15) is 67.5 Å². The zero-order chi connectivity index (χ0) is 34.9. The van der Waals surface area contributed by atoms with Crippen LogP contribution in [0.4, 0.5) is 55.9 Å². The number of methoxy groups -OCH3 is 1. The molecule has 0 radical (unpaired) electrons. The van der Waals surface area contributed by atoms with Gasteiger partial charge in [0.25, 0.3) is 5.95 Å². The average Bonchev–Trinajstić information content (AvgIpc) is 3.42. The van der Waals surface area contributed by atoms with Crippen LogP contribution in [-0.4, -0.2) is 52.2 Å². The largest absolute Gasteiger partial charge is 0.446 e. The second-order valence-electron chi connectivity index (χ2n) is 11.2. The van der Waals surface area contributed by atoms with Gasteiger partial charge in [0.2, 0.25) is 0 Å². The van der Waals surface area contributed by atoms with Crippen LogP contribution in [0.5, 0.6) is 0 Å². The van der Waals surface area contributed by atoms with Gasteiger partial charge in [0.1, 0.15) is 0 Å². The van der Waals surface area contributed by atoms with Crippen molar-refractivity contribution < 1.29 is 53.8 Å². The number of hydrogen-bond donors (Lipinski definition) is 0. The molecule has 3 aromatic rings. The highest BCUT2D eigenvalue weighted by Crippen LogP contribution is 2.45. The maximum Gasteiger partial charge on any atom is 0.416 e. The van der Waals surface area contributed by atoms with Gasteiger partial charge < -0.3 is 14.4 Å². The number of fused-ring (bicyclic) bond motifs is 1. The predicted octanol–water partition coefficient (Wildman–Crippen LogP) is 7.66. The summed E-state index contributed by atoms with van der Waals surface area (Å²) in [5.74, 6) is -0.271. The Hall–Kier alpha value is -4.09. The Balaban J connectivity index is 1.91. The highest BCUT2D eigenvalue weighted by molar-refractivity contribution is 5.90. The van der Waals surface area contributed by atoms with E-state index in [1.165, 1.54) is 12.0 Å². The summed E-state index contributed by atoms with van der Waals surface area (Å²) >= 11 is 0. The molecule has 0 spiro atoms. The van der Waals surface area contributed by atoms with E-state index in [1.54, 1.807) is 20.8 Å². The van der Waals surface area contributed by atoms with Gasteiger partial charge in [-0.15, -0.1) is 5.10 Å². The molecule has 0 unspecified atom stereocenters. The van der Waals surface area contributed by atoms with Gasteiger partial charge in [0.15, 0.2) is 0 Å². The van der Waals surface area contributed by atoms with E-state index in [0.29, 0.717) is 25.2 Å². The van der Waals surface area contributed by atoms with Crippen LogP contribution in [0.3, 0.4) is 0 Å². The van der Waals surface area contributed by atoms with Gasteiger partial charge in [0.05, 0.1) is 41.1 Å². The van der Waals surface area contributed by atoms with Gasteiger partial charge in [-0.05, 0) is 86.4 Å². The third kappa shape index (κ3) is 8.44. The molecule has 0 fully saturated rings. The van der Waals surface area contributed by atoms with Crippen LogP contribution in [-0.2, 0) is 41.1 Å². The number of aryl methyl sites for hydroxylation is 1. The maximum absolute atomic E-state index is 13.9. The van der Waals surface area contributed by atoms with Crippen LogP contribution in [0.2, 0.25) is 0 Å². The molecular weight excluding hydrogens is 651 g/mol. The van der Waals surface area contributed by atoms with Crippen LogP contribution in [0.15, 0.2) is 36.4 Å². The fourth-order valence-corrected chi connectivity index (χ4v) is 5.26. The topological polar surface area (TPSA) is 85.6 Å². The van der Waals surface area contributed by atoms with Gasteiger partial charge in [-0.1, -0.05) is 5.10 Å². The first-order chi connectivity index (χ1) is 21.8. The molecule has 2 aromatic carbocycles. The van der Waals surface area contributed by atoms with Crippen molar-refractivity contribution >= 4 is 17.7 Å². The number of aromatic nitrogens is 4. The lowest BCUT2D eigenvalue weighted by Crippen LogP contribution is -2.47. The number of amides is 1. The Kier molecular flexibility index (Phi) is 10.3. The molecule has 2 atom stereocenters. The molecule has 2 heterocycles. The third-order valence-corrected chi connectivity index (χ3v) is 7.29. The molecule has 18 heteroatoms. The molecular formula is C29H31F9N6O3. The van der Waals surface area contributed by atoms with Crippen molar-refractivity contribution in [3.05, 3.63) is 64.2 Å². The number of halogens is 9. The zero-order valence-electron chi connectivity index (χ0n) is 25.5. The van der Waals surface area contributed by atoms with Gasteiger partial charge in [-0.3, -0.25) is 4.90 Å². The summed E-state index contributed by atoms with van der Waals surface area (Å²) in [5.41, 5.74) is -4.80. The number of alkyl halides is 9. The number of hydrogen-bond acceptors (Lipinski definition) is 7. The molecule has 1 amide bonds. The first-order valence-electron chi connectivity index (χ1n) is 14.3. The van der Waals surface area contributed by atoms with Crippen molar-refractivity contribution in [2.45, 2.75) is 83.4 Å². The highest BCUT2D eigenvalue weighted by Gasteiger charge is 2.42. The summed E-state index contributed by atoms with van der Waals surface area (Å²) in [6.45, 7) is 4.52. The monoisotopic (exact) mass is 682 g/mol. The molecule has 4 rings (SSSR count). The number of carbonyl (C=O) groups excluding carboxylic acids is 1. The van der Waals surface area contributed by atoms with E-state index in [9.17, 15) is 44.3 Å². The molecule has 1 aliphatic rings. The fraction of sp³-hybridized carbons (Fsp3) is 0.517. The summed E-state index contributed by atoms with van der Waals surface area (Å²) in [4.78, 5) is 16.6. The van der Waals surface area contributed by atoms with Gasteiger partial charge in [-0.2, -0.15) is 44.3 Å². The van der Waals surface area contributed by atoms with Crippen LogP contribution < -0.4 is 9.80 Å². The molecule has 0 bridgehead atoms. The minimum absolute atomic E-state index is 0.00455. The molecule has 47 heavy (non-hydrogen) atoms. The van der Waals surface area contributed by atoms with E-state index in [4.69, 9.17) is 9.47 Å². The van der Waals surface area contributed by atoms with Crippen LogP contribution in [0, 0.1) is 0 Å². The van der Waals surface area contributed by atoms with Gasteiger partial charge in [-0.25, -0.2) is 4.79 Å². The Morgan fingerprint density at radius 3 is 2.13 bits per heavy atom. The molecule has 9 nitrogen and oxygen atoms in total. The Labute approximate surface area is 263 Å². The van der Waals surface area contributed by atoms with E-state index >= 15 is 0 Å². The number of benzene rings is 2. The Morgan fingerprint density at radius 1 is 0.957 bits per heavy atom. The second kappa shape index (κ2) is 13.6. The van der Waals surface area contributed by atoms with Crippen molar-refractivity contribution in [3.63, 3.8) is 0 Å². The lowest BCUT2D eigenvalue weighted by Gasteiger charge is -2.43. The van der Waals surface area contributed by atoms with Crippen LogP contribution >= 0.6 is 0 Å². The number of rotatable bonds is 9. The minimum atomic E-state index is -5.14.